The fourth-order valence-electron chi connectivity index (χ4n) is 2.79. The standard InChI is InChI=1S/C13H17N3O3/c17-12(18)10-7-15-11(8-14-10)16-9-2-5-19-13(6-9)3-1-4-13/h7-9H,1-6H2,(H,15,16)(H,17,18). The van der Waals surface area contributed by atoms with E-state index in [1.54, 1.807) is 0 Å². The van der Waals surface area contributed by atoms with E-state index in [1.807, 2.05) is 0 Å². The van der Waals surface area contributed by atoms with Crippen molar-refractivity contribution < 1.29 is 14.6 Å². The maximum atomic E-state index is 10.7. The zero-order valence-electron chi connectivity index (χ0n) is 10.6. The third-order valence-electron chi connectivity index (χ3n) is 3.98. The Morgan fingerprint density at radius 1 is 1.42 bits per heavy atom. The molecule has 0 aromatic carbocycles. The van der Waals surface area contributed by atoms with Gasteiger partial charge in [0, 0.05) is 12.6 Å². The van der Waals surface area contributed by atoms with Gasteiger partial charge in [0.25, 0.3) is 0 Å². The zero-order chi connectivity index (χ0) is 13.3. The van der Waals surface area contributed by atoms with Gasteiger partial charge in [0.1, 0.15) is 5.82 Å². The SMILES string of the molecule is O=C(O)c1cnc(NC2CCOC3(CCC3)C2)cn1. The molecule has 1 atom stereocenters. The first-order valence-electron chi connectivity index (χ1n) is 6.63. The van der Waals surface area contributed by atoms with Gasteiger partial charge in [-0.2, -0.15) is 0 Å². The van der Waals surface area contributed by atoms with Gasteiger partial charge in [-0.3, -0.25) is 0 Å². The third kappa shape index (κ3) is 2.53. The molecule has 1 unspecified atom stereocenters. The molecule has 0 radical (unpaired) electrons. The number of rotatable bonds is 3. The van der Waals surface area contributed by atoms with Crippen LogP contribution in [0.2, 0.25) is 0 Å². The van der Waals surface area contributed by atoms with Crippen LogP contribution < -0.4 is 5.32 Å². The molecule has 1 saturated heterocycles. The Morgan fingerprint density at radius 2 is 2.26 bits per heavy atom. The normalized spacial score (nSPS) is 24.7. The van der Waals surface area contributed by atoms with Gasteiger partial charge in [0.15, 0.2) is 5.69 Å². The van der Waals surface area contributed by atoms with Crippen LogP contribution in [0, 0.1) is 0 Å². The van der Waals surface area contributed by atoms with E-state index in [1.165, 1.54) is 18.8 Å². The molecule has 0 bridgehead atoms. The Kier molecular flexibility index (Phi) is 3.10. The lowest BCUT2D eigenvalue weighted by Crippen LogP contribution is -2.49. The second-order valence-corrected chi connectivity index (χ2v) is 5.31. The lowest BCUT2D eigenvalue weighted by molar-refractivity contribution is -0.130. The molecule has 1 aliphatic heterocycles. The number of ether oxygens (including phenoxy) is 1. The van der Waals surface area contributed by atoms with Crippen LogP contribution >= 0.6 is 0 Å². The summed E-state index contributed by atoms with van der Waals surface area (Å²) in [7, 11) is 0. The summed E-state index contributed by atoms with van der Waals surface area (Å²) < 4.78 is 5.87. The summed E-state index contributed by atoms with van der Waals surface area (Å²) in [6.45, 7) is 0.776. The summed E-state index contributed by atoms with van der Waals surface area (Å²) in [4.78, 5) is 18.6. The van der Waals surface area contributed by atoms with Crippen LogP contribution in [0.1, 0.15) is 42.6 Å². The van der Waals surface area contributed by atoms with E-state index in [-0.39, 0.29) is 11.3 Å². The molecule has 19 heavy (non-hydrogen) atoms. The van der Waals surface area contributed by atoms with Crippen molar-refractivity contribution in [2.75, 3.05) is 11.9 Å². The summed E-state index contributed by atoms with van der Waals surface area (Å²) in [6, 6.07) is 0.332. The van der Waals surface area contributed by atoms with Gasteiger partial charge in [0.05, 0.1) is 18.0 Å². The molecule has 6 heteroatoms. The molecule has 2 fully saturated rings. The Balaban J connectivity index is 1.62. The summed E-state index contributed by atoms with van der Waals surface area (Å²) in [6.07, 6.45) is 8.25. The number of carboxylic acid groups (broad SMARTS) is 1. The van der Waals surface area contributed by atoms with Gasteiger partial charge in [-0.05, 0) is 32.1 Å². The number of hydrogen-bond acceptors (Lipinski definition) is 5. The predicted octanol–water partition coefficient (Wildman–Crippen LogP) is 1.69. The highest BCUT2D eigenvalue weighted by Crippen LogP contribution is 2.42. The number of carboxylic acids is 1. The lowest BCUT2D eigenvalue weighted by Gasteiger charge is -2.47. The van der Waals surface area contributed by atoms with E-state index in [4.69, 9.17) is 9.84 Å². The Labute approximate surface area is 111 Å². The highest BCUT2D eigenvalue weighted by molar-refractivity contribution is 5.84. The van der Waals surface area contributed by atoms with E-state index in [9.17, 15) is 4.79 Å². The number of anilines is 1. The fourth-order valence-corrected chi connectivity index (χ4v) is 2.79. The summed E-state index contributed by atoms with van der Waals surface area (Å²) in [5, 5.41) is 12.1. The highest BCUT2D eigenvalue weighted by atomic mass is 16.5. The molecule has 3 rings (SSSR count). The van der Waals surface area contributed by atoms with Gasteiger partial charge in [-0.1, -0.05) is 0 Å². The number of hydrogen-bond donors (Lipinski definition) is 2. The van der Waals surface area contributed by atoms with Crippen molar-refractivity contribution in [3.63, 3.8) is 0 Å². The second kappa shape index (κ2) is 4.77. The number of aromatic nitrogens is 2. The molecule has 0 amide bonds. The summed E-state index contributed by atoms with van der Waals surface area (Å²) >= 11 is 0. The van der Waals surface area contributed by atoms with Crippen molar-refractivity contribution in [2.45, 2.75) is 43.7 Å². The van der Waals surface area contributed by atoms with Crippen LogP contribution in [-0.4, -0.2) is 39.3 Å². The summed E-state index contributed by atoms with van der Waals surface area (Å²) in [5.41, 5.74) is 0.0534. The number of nitrogens with zero attached hydrogens (tertiary/aromatic N) is 2. The van der Waals surface area contributed by atoms with Gasteiger partial charge < -0.3 is 15.2 Å². The van der Waals surface area contributed by atoms with Crippen LogP contribution in [0.4, 0.5) is 5.82 Å². The largest absolute Gasteiger partial charge is 0.476 e. The molecular weight excluding hydrogens is 246 g/mol. The van der Waals surface area contributed by atoms with Crippen molar-refractivity contribution in [3.05, 3.63) is 18.1 Å². The van der Waals surface area contributed by atoms with Gasteiger partial charge in [-0.25, -0.2) is 14.8 Å². The number of carbonyl (C=O) groups is 1. The van der Waals surface area contributed by atoms with Gasteiger partial charge in [0.2, 0.25) is 0 Å². The van der Waals surface area contributed by atoms with Gasteiger partial charge >= 0.3 is 5.97 Å². The molecule has 2 N–H and O–H groups in total. The minimum atomic E-state index is -1.06. The van der Waals surface area contributed by atoms with Crippen molar-refractivity contribution in [2.24, 2.45) is 0 Å². The maximum absolute atomic E-state index is 10.7. The molecule has 2 heterocycles. The lowest BCUT2D eigenvalue weighted by atomic mass is 9.74. The highest BCUT2D eigenvalue weighted by Gasteiger charge is 2.42. The zero-order valence-corrected chi connectivity index (χ0v) is 10.6. The molecule has 102 valence electrons. The first kappa shape index (κ1) is 12.3. The number of aromatic carboxylic acids is 1. The fraction of sp³-hybridized carbons (Fsp3) is 0.615. The minimum absolute atomic E-state index is 0.0343. The van der Waals surface area contributed by atoms with Gasteiger partial charge in [-0.15, -0.1) is 0 Å². The minimum Gasteiger partial charge on any atom is -0.476 e. The number of nitrogens with one attached hydrogen (secondary N) is 1. The molecule has 2 aliphatic rings. The maximum Gasteiger partial charge on any atom is 0.356 e. The van der Waals surface area contributed by atoms with E-state index < -0.39 is 5.97 Å². The average molecular weight is 263 g/mol. The Morgan fingerprint density at radius 3 is 2.84 bits per heavy atom. The van der Waals surface area contributed by atoms with Crippen molar-refractivity contribution >= 4 is 11.8 Å². The van der Waals surface area contributed by atoms with Crippen LogP contribution in [0.3, 0.4) is 0 Å². The average Bonchev–Trinajstić information content (AvgIpc) is 2.38. The van der Waals surface area contributed by atoms with E-state index in [0.717, 1.165) is 32.3 Å². The molecular formula is C13H17N3O3. The topological polar surface area (TPSA) is 84.3 Å². The Bertz CT molecular complexity index is 471. The van der Waals surface area contributed by atoms with E-state index in [2.05, 4.69) is 15.3 Å². The Hall–Kier alpha value is -1.69. The summed E-state index contributed by atoms with van der Waals surface area (Å²) in [5.74, 6) is -0.426. The van der Waals surface area contributed by atoms with E-state index >= 15 is 0 Å². The first-order chi connectivity index (χ1) is 9.17. The molecule has 1 aromatic rings. The smallest absolute Gasteiger partial charge is 0.356 e. The third-order valence-corrected chi connectivity index (χ3v) is 3.98. The monoisotopic (exact) mass is 263 g/mol. The molecule has 1 saturated carbocycles. The van der Waals surface area contributed by atoms with Crippen LogP contribution in [0.25, 0.3) is 0 Å². The van der Waals surface area contributed by atoms with Crippen LogP contribution in [0.15, 0.2) is 12.4 Å². The van der Waals surface area contributed by atoms with Crippen molar-refractivity contribution in [1.82, 2.24) is 9.97 Å². The molecule has 1 spiro atoms. The van der Waals surface area contributed by atoms with Crippen LogP contribution in [0.5, 0.6) is 0 Å². The predicted molar refractivity (Wildman–Crippen MR) is 68.2 cm³/mol. The molecule has 1 aliphatic carbocycles. The first-order valence-corrected chi connectivity index (χ1v) is 6.63. The van der Waals surface area contributed by atoms with E-state index in [0.29, 0.717) is 11.9 Å². The quantitative estimate of drug-likeness (QED) is 0.863. The van der Waals surface area contributed by atoms with Crippen molar-refractivity contribution in [1.29, 1.82) is 0 Å². The van der Waals surface area contributed by atoms with Crippen LogP contribution in [-0.2, 0) is 4.74 Å². The second-order valence-electron chi connectivity index (χ2n) is 5.31. The molecule has 6 nitrogen and oxygen atoms in total. The van der Waals surface area contributed by atoms with Crippen molar-refractivity contribution in [3.8, 4) is 0 Å². The molecule has 1 aromatic heterocycles.